The number of aliphatic hydroxyl groups excluding tert-OH is 1. The number of hydrogen-bond donors (Lipinski definition) is 1. The Hall–Kier alpha value is -1.02. The van der Waals surface area contributed by atoms with Crippen LogP contribution in [0.15, 0.2) is 35.5 Å². The first kappa shape index (κ1) is 12.1. The summed E-state index contributed by atoms with van der Waals surface area (Å²) in [6.07, 6.45) is 7.22. The Morgan fingerprint density at radius 1 is 1.53 bits per heavy atom. The van der Waals surface area contributed by atoms with E-state index in [9.17, 15) is 5.11 Å². The summed E-state index contributed by atoms with van der Waals surface area (Å²) >= 11 is 0. The lowest BCUT2D eigenvalue weighted by atomic mass is 9.95. The molecule has 0 fully saturated rings. The van der Waals surface area contributed by atoms with Gasteiger partial charge in [0.05, 0.1) is 18.3 Å². The van der Waals surface area contributed by atoms with Gasteiger partial charge in [0.1, 0.15) is 5.76 Å². The fraction of sp³-hybridized carbons (Fsp3) is 0.538. The minimum atomic E-state index is -0.375. The summed E-state index contributed by atoms with van der Waals surface area (Å²) in [4.78, 5) is 0. The van der Waals surface area contributed by atoms with Gasteiger partial charge in [0.2, 0.25) is 0 Å². The summed E-state index contributed by atoms with van der Waals surface area (Å²) in [5.41, 5.74) is 0. The van der Waals surface area contributed by atoms with Crippen molar-refractivity contribution >= 4 is 0 Å². The number of aliphatic hydroxyl groups is 1. The van der Waals surface area contributed by atoms with Crippen LogP contribution >= 0.6 is 0 Å². The SMILES string of the molecule is C=C[C@@H](c1ccco1)[C@H](O)CCCCC. The first-order valence-corrected chi connectivity index (χ1v) is 5.63. The van der Waals surface area contributed by atoms with Gasteiger partial charge in [0, 0.05) is 0 Å². The predicted molar refractivity (Wildman–Crippen MR) is 61.8 cm³/mol. The molecule has 0 aromatic carbocycles. The largest absolute Gasteiger partial charge is 0.469 e. The topological polar surface area (TPSA) is 33.4 Å². The fourth-order valence-electron chi connectivity index (χ4n) is 1.73. The van der Waals surface area contributed by atoms with Crippen LogP contribution in [-0.4, -0.2) is 11.2 Å². The monoisotopic (exact) mass is 208 g/mol. The second kappa shape index (κ2) is 6.46. The van der Waals surface area contributed by atoms with Crippen LogP contribution in [0.2, 0.25) is 0 Å². The Labute approximate surface area is 91.6 Å². The van der Waals surface area contributed by atoms with Gasteiger partial charge >= 0.3 is 0 Å². The molecule has 0 spiro atoms. The van der Waals surface area contributed by atoms with Crippen molar-refractivity contribution in [1.82, 2.24) is 0 Å². The highest BCUT2D eigenvalue weighted by molar-refractivity contribution is 5.13. The first-order chi connectivity index (χ1) is 7.29. The van der Waals surface area contributed by atoms with Crippen molar-refractivity contribution in [3.05, 3.63) is 36.8 Å². The lowest BCUT2D eigenvalue weighted by Gasteiger charge is -2.17. The maximum absolute atomic E-state index is 9.98. The van der Waals surface area contributed by atoms with E-state index >= 15 is 0 Å². The highest BCUT2D eigenvalue weighted by Crippen LogP contribution is 2.24. The van der Waals surface area contributed by atoms with Gasteiger partial charge in [0.25, 0.3) is 0 Å². The molecule has 1 N–H and O–H groups in total. The third-order valence-corrected chi connectivity index (χ3v) is 2.64. The Morgan fingerprint density at radius 2 is 2.33 bits per heavy atom. The van der Waals surface area contributed by atoms with E-state index in [0.717, 1.165) is 18.6 Å². The standard InChI is InChI=1S/C13H20O2/c1-3-5-6-8-12(14)11(4-2)13-9-7-10-15-13/h4,7,9-12,14H,2-3,5-6,8H2,1H3/t11-,12-/m1/s1. The van der Waals surface area contributed by atoms with Crippen molar-refractivity contribution in [2.45, 2.75) is 44.6 Å². The van der Waals surface area contributed by atoms with Gasteiger partial charge < -0.3 is 9.52 Å². The van der Waals surface area contributed by atoms with E-state index in [-0.39, 0.29) is 12.0 Å². The molecule has 1 rings (SSSR count). The number of unbranched alkanes of at least 4 members (excludes halogenated alkanes) is 2. The van der Waals surface area contributed by atoms with Gasteiger partial charge in [-0.1, -0.05) is 32.3 Å². The highest BCUT2D eigenvalue weighted by Gasteiger charge is 2.19. The lowest BCUT2D eigenvalue weighted by Crippen LogP contribution is -2.16. The molecule has 0 aliphatic carbocycles. The molecule has 0 saturated carbocycles. The van der Waals surface area contributed by atoms with Crippen LogP contribution in [-0.2, 0) is 0 Å². The van der Waals surface area contributed by atoms with E-state index in [2.05, 4.69) is 13.5 Å². The van der Waals surface area contributed by atoms with Crippen molar-refractivity contribution in [1.29, 1.82) is 0 Å². The molecule has 2 nitrogen and oxygen atoms in total. The molecule has 1 aromatic heterocycles. The molecular formula is C13H20O2. The summed E-state index contributed by atoms with van der Waals surface area (Å²) in [7, 11) is 0. The van der Waals surface area contributed by atoms with E-state index in [0.29, 0.717) is 0 Å². The molecule has 0 bridgehead atoms. The minimum absolute atomic E-state index is 0.0724. The molecule has 0 aliphatic rings. The predicted octanol–water partition coefficient (Wildman–Crippen LogP) is 3.49. The maximum atomic E-state index is 9.98. The Morgan fingerprint density at radius 3 is 2.87 bits per heavy atom. The second-order valence-electron chi connectivity index (χ2n) is 3.84. The Kier molecular flexibility index (Phi) is 5.19. The number of furan rings is 1. The summed E-state index contributed by atoms with van der Waals surface area (Å²) < 4.78 is 5.28. The van der Waals surface area contributed by atoms with E-state index in [1.54, 1.807) is 12.3 Å². The van der Waals surface area contributed by atoms with Gasteiger partial charge in [-0.3, -0.25) is 0 Å². The van der Waals surface area contributed by atoms with Crippen LogP contribution in [0.4, 0.5) is 0 Å². The van der Waals surface area contributed by atoms with Crippen LogP contribution in [0.25, 0.3) is 0 Å². The molecule has 2 atom stereocenters. The zero-order chi connectivity index (χ0) is 11.1. The molecular weight excluding hydrogens is 188 g/mol. The van der Waals surface area contributed by atoms with Crippen LogP contribution in [0, 0.1) is 0 Å². The molecule has 84 valence electrons. The molecule has 15 heavy (non-hydrogen) atoms. The van der Waals surface area contributed by atoms with Crippen molar-refractivity contribution in [3.63, 3.8) is 0 Å². The van der Waals surface area contributed by atoms with Crippen LogP contribution < -0.4 is 0 Å². The molecule has 0 aliphatic heterocycles. The lowest BCUT2D eigenvalue weighted by molar-refractivity contribution is 0.137. The van der Waals surface area contributed by atoms with E-state index < -0.39 is 0 Å². The van der Waals surface area contributed by atoms with Crippen molar-refractivity contribution in [2.24, 2.45) is 0 Å². The van der Waals surface area contributed by atoms with Crippen LogP contribution in [0.3, 0.4) is 0 Å². The molecule has 0 amide bonds. The fourth-order valence-corrected chi connectivity index (χ4v) is 1.73. The van der Waals surface area contributed by atoms with Crippen molar-refractivity contribution in [3.8, 4) is 0 Å². The average molecular weight is 208 g/mol. The van der Waals surface area contributed by atoms with Crippen LogP contribution in [0.1, 0.15) is 44.3 Å². The molecule has 1 heterocycles. The second-order valence-corrected chi connectivity index (χ2v) is 3.84. The van der Waals surface area contributed by atoms with Gasteiger partial charge in [-0.2, -0.15) is 0 Å². The smallest absolute Gasteiger partial charge is 0.113 e. The van der Waals surface area contributed by atoms with E-state index in [1.807, 2.05) is 12.1 Å². The molecule has 2 heteroatoms. The maximum Gasteiger partial charge on any atom is 0.113 e. The van der Waals surface area contributed by atoms with E-state index in [4.69, 9.17) is 4.42 Å². The summed E-state index contributed by atoms with van der Waals surface area (Å²) in [5.74, 6) is 0.728. The Bertz CT molecular complexity index is 264. The normalized spacial score (nSPS) is 14.8. The zero-order valence-corrected chi connectivity index (χ0v) is 9.36. The van der Waals surface area contributed by atoms with Gasteiger partial charge in [-0.05, 0) is 18.6 Å². The minimum Gasteiger partial charge on any atom is -0.469 e. The highest BCUT2D eigenvalue weighted by atomic mass is 16.3. The molecule has 1 aromatic rings. The third-order valence-electron chi connectivity index (χ3n) is 2.64. The number of rotatable bonds is 7. The van der Waals surface area contributed by atoms with Gasteiger partial charge in [-0.25, -0.2) is 0 Å². The molecule has 0 unspecified atom stereocenters. The first-order valence-electron chi connectivity index (χ1n) is 5.63. The zero-order valence-electron chi connectivity index (χ0n) is 9.36. The summed E-state index contributed by atoms with van der Waals surface area (Å²) in [6, 6.07) is 3.72. The van der Waals surface area contributed by atoms with Gasteiger partial charge in [0.15, 0.2) is 0 Å². The quantitative estimate of drug-likeness (QED) is 0.549. The molecule has 0 saturated heterocycles. The average Bonchev–Trinajstić information content (AvgIpc) is 2.73. The number of hydrogen-bond acceptors (Lipinski definition) is 2. The van der Waals surface area contributed by atoms with Crippen molar-refractivity contribution in [2.75, 3.05) is 0 Å². The van der Waals surface area contributed by atoms with Gasteiger partial charge in [-0.15, -0.1) is 6.58 Å². The van der Waals surface area contributed by atoms with E-state index in [1.165, 1.54) is 12.8 Å². The van der Waals surface area contributed by atoms with Crippen LogP contribution in [0.5, 0.6) is 0 Å². The third kappa shape index (κ3) is 3.56. The summed E-state index contributed by atoms with van der Waals surface area (Å²) in [5, 5.41) is 9.98. The summed E-state index contributed by atoms with van der Waals surface area (Å²) in [6.45, 7) is 5.90. The Balaban J connectivity index is 2.48. The van der Waals surface area contributed by atoms with Crippen molar-refractivity contribution < 1.29 is 9.52 Å². The molecule has 0 radical (unpaired) electrons.